The Bertz CT molecular complexity index is 563. The molecule has 0 aliphatic rings. The van der Waals surface area contributed by atoms with Crippen LogP contribution in [-0.2, 0) is 0 Å². The van der Waals surface area contributed by atoms with Gasteiger partial charge in [-0.1, -0.05) is 6.07 Å². The van der Waals surface area contributed by atoms with E-state index in [9.17, 15) is 4.79 Å². The Labute approximate surface area is 85.8 Å². The van der Waals surface area contributed by atoms with Crippen molar-refractivity contribution in [1.29, 1.82) is 5.26 Å². The Morgan fingerprint density at radius 3 is 3.00 bits per heavy atom. The molecule has 0 radical (unpaired) electrons. The average molecular weight is 200 g/mol. The highest BCUT2D eigenvalue weighted by Gasteiger charge is 2.13. The fourth-order valence-electron chi connectivity index (χ4n) is 1.58. The van der Waals surface area contributed by atoms with E-state index in [1.165, 1.54) is 6.20 Å². The van der Waals surface area contributed by atoms with Gasteiger partial charge in [0.05, 0.1) is 11.6 Å². The molecule has 0 unspecified atom stereocenters. The molecule has 0 aliphatic heterocycles. The number of aromatic amines is 1. The number of benzene rings is 1. The summed E-state index contributed by atoms with van der Waals surface area (Å²) in [6, 6.07) is 7.19. The number of fused-ring (bicyclic) bond motifs is 1. The first-order chi connectivity index (χ1) is 7.27. The summed E-state index contributed by atoms with van der Waals surface area (Å²) in [5.41, 5.74) is 1.53. The summed E-state index contributed by atoms with van der Waals surface area (Å²) in [7, 11) is 0. The topological polar surface area (TPSA) is 76.9 Å². The van der Waals surface area contributed by atoms with E-state index in [4.69, 9.17) is 10.4 Å². The van der Waals surface area contributed by atoms with Gasteiger partial charge < -0.3 is 10.1 Å². The molecule has 1 aromatic heterocycles. The Hall–Kier alpha value is -2.12. The van der Waals surface area contributed by atoms with Crippen LogP contribution in [0.3, 0.4) is 0 Å². The number of rotatable bonds is 2. The van der Waals surface area contributed by atoms with Crippen molar-refractivity contribution in [3.05, 3.63) is 35.5 Å². The van der Waals surface area contributed by atoms with Crippen LogP contribution in [0, 0.1) is 11.3 Å². The zero-order chi connectivity index (χ0) is 10.8. The van der Waals surface area contributed by atoms with Crippen molar-refractivity contribution in [3.63, 3.8) is 0 Å². The molecule has 2 aromatic rings. The monoisotopic (exact) mass is 200 g/mol. The van der Waals surface area contributed by atoms with Gasteiger partial charge in [-0.05, 0) is 12.1 Å². The smallest absolute Gasteiger partial charge is 0.190 e. The van der Waals surface area contributed by atoms with E-state index in [1.54, 1.807) is 18.2 Å². The number of hydrogen-bond acceptors (Lipinski definition) is 3. The second kappa shape index (κ2) is 3.56. The first-order valence-corrected chi connectivity index (χ1v) is 4.42. The van der Waals surface area contributed by atoms with E-state index in [1.807, 2.05) is 6.07 Å². The van der Waals surface area contributed by atoms with Gasteiger partial charge in [-0.2, -0.15) is 5.26 Å². The highest BCUT2D eigenvalue weighted by molar-refractivity contribution is 6.10. The molecule has 74 valence electrons. The van der Waals surface area contributed by atoms with Crippen LogP contribution in [0.15, 0.2) is 24.4 Å². The van der Waals surface area contributed by atoms with Crippen LogP contribution in [0.5, 0.6) is 0 Å². The summed E-state index contributed by atoms with van der Waals surface area (Å²) < 4.78 is 0. The zero-order valence-electron chi connectivity index (χ0n) is 7.82. The first kappa shape index (κ1) is 9.44. The van der Waals surface area contributed by atoms with Crippen LogP contribution in [-0.4, -0.2) is 22.5 Å². The van der Waals surface area contributed by atoms with Gasteiger partial charge in [0.1, 0.15) is 6.61 Å². The maximum Gasteiger partial charge on any atom is 0.190 e. The lowest BCUT2D eigenvalue weighted by atomic mass is 10.0. The Balaban J connectivity index is 2.78. The maximum absolute atomic E-state index is 11.4. The molecule has 0 saturated carbocycles. The van der Waals surface area contributed by atoms with Crippen molar-refractivity contribution >= 4 is 16.7 Å². The van der Waals surface area contributed by atoms with Gasteiger partial charge in [-0.25, -0.2) is 0 Å². The minimum Gasteiger partial charge on any atom is -0.388 e. The van der Waals surface area contributed by atoms with E-state index in [0.717, 1.165) is 5.52 Å². The molecule has 0 amide bonds. The molecule has 1 heterocycles. The number of aliphatic hydroxyl groups excluding tert-OH is 1. The van der Waals surface area contributed by atoms with Gasteiger partial charge >= 0.3 is 0 Å². The molecule has 1 aromatic carbocycles. The van der Waals surface area contributed by atoms with Crippen LogP contribution >= 0.6 is 0 Å². The van der Waals surface area contributed by atoms with Gasteiger partial charge in [-0.15, -0.1) is 0 Å². The summed E-state index contributed by atoms with van der Waals surface area (Å²) in [5.74, 6) is -0.385. The van der Waals surface area contributed by atoms with Gasteiger partial charge in [-0.3, -0.25) is 4.79 Å². The quantitative estimate of drug-likeness (QED) is 0.715. The highest BCUT2D eigenvalue weighted by Crippen LogP contribution is 2.22. The molecule has 2 N–H and O–H groups in total. The Kier molecular flexibility index (Phi) is 2.24. The van der Waals surface area contributed by atoms with Crippen molar-refractivity contribution in [2.75, 3.05) is 6.61 Å². The van der Waals surface area contributed by atoms with Crippen LogP contribution in [0.2, 0.25) is 0 Å². The summed E-state index contributed by atoms with van der Waals surface area (Å²) in [4.78, 5) is 14.3. The Morgan fingerprint density at radius 1 is 1.53 bits per heavy atom. The van der Waals surface area contributed by atoms with Crippen molar-refractivity contribution in [3.8, 4) is 6.07 Å². The summed E-state index contributed by atoms with van der Waals surface area (Å²) in [6.45, 7) is -0.549. The van der Waals surface area contributed by atoms with Crippen LogP contribution in [0.25, 0.3) is 10.9 Å². The minimum absolute atomic E-state index is 0.365. The molecule has 2 rings (SSSR count). The average Bonchev–Trinajstić information content (AvgIpc) is 2.71. The number of Topliss-reactive ketones (excluding diaryl/α,β-unsaturated/α-hetero) is 1. The number of hydrogen-bond donors (Lipinski definition) is 2. The second-order valence-electron chi connectivity index (χ2n) is 3.12. The summed E-state index contributed by atoms with van der Waals surface area (Å²) in [6.07, 6.45) is 1.52. The zero-order valence-corrected chi connectivity index (χ0v) is 7.82. The second-order valence-corrected chi connectivity index (χ2v) is 3.12. The predicted octanol–water partition coefficient (Wildman–Crippen LogP) is 1.21. The van der Waals surface area contributed by atoms with Gasteiger partial charge in [0.15, 0.2) is 5.78 Å². The lowest BCUT2D eigenvalue weighted by molar-refractivity contribution is 0.0905. The third kappa shape index (κ3) is 1.39. The summed E-state index contributed by atoms with van der Waals surface area (Å²) in [5, 5.41) is 18.3. The lowest BCUT2D eigenvalue weighted by Gasteiger charge is -1.96. The number of nitrogens with zero attached hydrogens (tertiary/aromatic N) is 1. The number of nitriles is 1. The van der Waals surface area contributed by atoms with Gasteiger partial charge in [0.25, 0.3) is 0 Å². The highest BCUT2D eigenvalue weighted by atomic mass is 16.3. The Morgan fingerprint density at radius 2 is 2.33 bits per heavy atom. The normalized spacial score (nSPS) is 10.1. The summed E-state index contributed by atoms with van der Waals surface area (Å²) >= 11 is 0. The molecule has 0 saturated heterocycles. The number of ketones is 1. The van der Waals surface area contributed by atoms with Gasteiger partial charge in [0.2, 0.25) is 0 Å². The molecule has 15 heavy (non-hydrogen) atoms. The maximum atomic E-state index is 11.4. The third-order valence-corrected chi connectivity index (χ3v) is 2.27. The van der Waals surface area contributed by atoms with Crippen molar-refractivity contribution < 1.29 is 9.90 Å². The molecule has 0 bridgehead atoms. The fraction of sp³-hybridized carbons (Fsp3) is 0.0909. The van der Waals surface area contributed by atoms with Crippen molar-refractivity contribution in [1.82, 2.24) is 4.98 Å². The third-order valence-electron chi connectivity index (χ3n) is 2.27. The minimum atomic E-state index is -0.549. The predicted molar refractivity (Wildman–Crippen MR) is 54.4 cm³/mol. The molecular formula is C11H8N2O2. The molecular weight excluding hydrogens is 192 g/mol. The van der Waals surface area contributed by atoms with Gasteiger partial charge in [0, 0.05) is 22.7 Å². The standard InChI is InChI=1S/C11H8N2O2/c12-4-7-2-1-3-9-11(7)8(5-13-9)10(15)6-14/h1-3,5,13-14H,6H2. The number of H-pyrrole nitrogens is 1. The number of carbonyl (C=O) groups excluding carboxylic acids is 1. The van der Waals surface area contributed by atoms with Crippen LogP contribution in [0.1, 0.15) is 15.9 Å². The van der Waals surface area contributed by atoms with E-state index in [-0.39, 0.29) is 5.78 Å². The molecule has 4 heteroatoms. The number of carbonyl (C=O) groups is 1. The first-order valence-electron chi connectivity index (χ1n) is 4.42. The number of nitrogens with one attached hydrogen (secondary N) is 1. The number of aliphatic hydroxyl groups is 1. The van der Waals surface area contributed by atoms with Crippen LogP contribution < -0.4 is 0 Å². The molecule has 0 spiro atoms. The van der Waals surface area contributed by atoms with Crippen molar-refractivity contribution in [2.24, 2.45) is 0 Å². The largest absolute Gasteiger partial charge is 0.388 e. The van der Waals surface area contributed by atoms with Crippen molar-refractivity contribution in [2.45, 2.75) is 0 Å². The lowest BCUT2D eigenvalue weighted by Crippen LogP contribution is -2.03. The molecule has 0 atom stereocenters. The van der Waals surface area contributed by atoms with E-state index in [2.05, 4.69) is 4.98 Å². The molecule has 0 aliphatic carbocycles. The van der Waals surface area contributed by atoms with E-state index >= 15 is 0 Å². The van der Waals surface area contributed by atoms with Crippen LogP contribution in [0.4, 0.5) is 0 Å². The van der Waals surface area contributed by atoms with E-state index < -0.39 is 6.61 Å². The molecule has 0 fully saturated rings. The SMILES string of the molecule is N#Cc1cccc2[nH]cc(C(=O)CO)c12. The number of aromatic nitrogens is 1. The fourth-order valence-corrected chi connectivity index (χ4v) is 1.58. The molecule has 4 nitrogen and oxygen atoms in total. The van der Waals surface area contributed by atoms with E-state index in [0.29, 0.717) is 16.5 Å².